The molecule has 2 saturated heterocycles. The molecule has 2 fully saturated rings. The van der Waals surface area contributed by atoms with E-state index in [4.69, 9.17) is 0 Å². The molecule has 0 radical (unpaired) electrons. The molecule has 176 valence electrons. The second-order valence-electron chi connectivity index (χ2n) is 8.91. The number of piperidine rings is 1. The maximum atomic E-state index is 13.5. The Labute approximate surface area is 199 Å². The monoisotopic (exact) mass is 468 g/mol. The predicted octanol–water partition coefficient (Wildman–Crippen LogP) is 3.65. The molecule has 2 aliphatic heterocycles. The fraction of sp³-hybridized carbons (Fsp3) is 0.520. The van der Waals surface area contributed by atoms with Gasteiger partial charge in [-0.05, 0) is 55.2 Å². The Hall–Kier alpha value is -2.74. The van der Waals surface area contributed by atoms with Gasteiger partial charge in [0.1, 0.15) is 5.54 Å². The third-order valence-electron chi connectivity index (χ3n) is 6.87. The molecular weight excluding hydrogens is 436 g/mol. The summed E-state index contributed by atoms with van der Waals surface area (Å²) in [6.45, 7) is 3.64. The van der Waals surface area contributed by atoms with Crippen molar-refractivity contribution in [1.82, 2.24) is 20.1 Å². The Bertz CT molecular complexity index is 957. The van der Waals surface area contributed by atoms with Gasteiger partial charge in [0, 0.05) is 49.2 Å². The van der Waals surface area contributed by atoms with Crippen LogP contribution in [0.2, 0.25) is 0 Å². The quantitative estimate of drug-likeness (QED) is 0.570. The summed E-state index contributed by atoms with van der Waals surface area (Å²) in [4.78, 5) is 47.9. The van der Waals surface area contributed by atoms with Crippen molar-refractivity contribution in [2.24, 2.45) is 5.92 Å². The number of hydrogen-bond acceptors (Lipinski definition) is 5. The van der Waals surface area contributed by atoms with Gasteiger partial charge >= 0.3 is 6.03 Å². The first kappa shape index (κ1) is 23.4. The Morgan fingerprint density at radius 3 is 2.67 bits per heavy atom. The highest BCUT2D eigenvalue weighted by Crippen LogP contribution is 2.37. The van der Waals surface area contributed by atoms with E-state index in [9.17, 15) is 14.4 Å². The number of rotatable bonds is 9. The minimum Gasteiger partial charge on any atom is -0.343 e. The van der Waals surface area contributed by atoms with Crippen molar-refractivity contribution in [2.45, 2.75) is 57.4 Å². The maximum Gasteiger partial charge on any atom is 0.325 e. The number of nitrogens with zero attached hydrogens (tertiary/aromatic N) is 3. The molecule has 2 aromatic rings. The topological polar surface area (TPSA) is 82.6 Å². The highest BCUT2D eigenvalue weighted by molar-refractivity contribution is 7.09. The summed E-state index contributed by atoms with van der Waals surface area (Å²) < 4.78 is 0. The van der Waals surface area contributed by atoms with Crippen molar-refractivity contribution in [3.05, 3.63) is 52.5 Å². The van der Waals surface area contributed by atoms with E-state index in [1.807, 2.05) is 41.5 Å². The molecule has 0 unspecified atom stereocenters. The molecule has 0 aliphatic carbocycles. The Balaban J connectivity index is 1.37. The zero-order valence-electron chi connectivity index (χ0n) is 19.2. The van der Waals surface area contributed by atoms with Crippen molar-refractivity contribution in [1.29, 1.82) is 0 Å². The molecule has 1 N–H and O–H groups in total. The zero-order valence-corrected chi connectivity index (χ0v) is 20.0. The second kappa shape index (κ2) is 10.5. The third-order valence-corrected chi connectivity index (χ3v) is 7.81. The SMILES string of the molecule is CCC[C@@]1(C2CCN(C(=O)CCc3cccs3)CC2)NC(=O)N(CCc2ccccn2)C1=O. The number of hydrogen-bond donors (Lipinski definition) is 1. The predicted molar refractivity (Wildman–Crippen MR) is 128 cm³/mol. The molecule has 7 nitrogen and oxygen atoms in total. The lowest BCUT2D eigenvalue weighted by molar-refractivity contribution is -0.136. The largest absolute Gasteiger partial charge is 0.343 e. The number of nitrogens with one attached hydrogen (secondary N) is 1. The van der Waals surface area contributed by atoms with Crippen LogP contribution >= 0.6 is 11.3 Å². The van der Waals surface area contributed by atoms with Gasteiger partial charge in [-0.3, -0.25) is 19.5 Å². The number of thiophene rings is 1. The van der Waals surface area contributed by atoms with E-state index in [2.05, 4.69) is 16.4 Å². The van der Waals surface area contributed by atoms with Gasteiger partial charge in [0.25, 0.3) is 5.91 Å². The zero-order chi connectivity index (χ0) is 23.3. The summed E-state index contributed by atoms with van der Waals surface area (Å²) in [5.74, 6) is 0.0908. The Kier molecular flexibility index (Phi) is 7.42. The number of aryl methyl sites for hydroxylation is 1. The summed E-state index contributed by atoms with van der Waals surface area (Å²) in [6.07, 6.45) is 6.43. The molecule has 4 amide bonds. The fourth-order valence-corrected chi connectivity index (χ4v) is 5.84. The van der Waals surface area contributed by atoms with Crippen LogP contribution in [0.3, 0.4) is 0 Å². The van der Waals surface area contributed by atoms with Gasteiger partial charge < -0.3 is 10.2 Å². The van der Waals surface area contributed by atoms with Crippen LogP contribution in [-0.2, 0) is 22.4 Å². The van der Waals surface area contributed by atoms with E-state index in [-0.39, 0.29) is 23.8 Å². The van der Waals surface area contributed by atoms with Gasteiger partial charge in [-0.15, -0.1) is 11.3 Å². The molecule has 2 aliphatic rings. The molecule has 4 heterocycles. The van der Waals surface area contributed by atoms with Crippen LogP contribution in [0.5, 0.6) is 0 Å². The molecule has 0 aromatic carbocycles. The molecule has 0 saturated carbocycles. The highest BCUT2D eigenvalue weighted by Gasteiger charge is 2.55. The lowest BCUT2D eigenvalue weighted by Gasteiger charge is -2.41. The second-order valence-corrected chi connectivity index (χ2v) is 9.95. The summed E-state index contributed by atoms with van der Waals surface area (Å²) in [7, 11) is 0. The highest BCUT2D eigenvalue weighted by atomic mass is 32.1. The van der Waals surface area contributed by atoms with Crippen LogP contribution in [0, 0.1) is 5.92 Å². The van der Waals surface area contributed by atoms with Crippen LogP contribution in [0.15, 0.2) is 41.9 Å². The average molecular weight is 469 g/mol. The van der Waals surface area contributed by atoms with Gasteiger partial charge in [-0.25, -0.2) is 4.79 Å². The first-order valence-electron chi connectivity index (χ1n) is 11.9. The van der Waals surface area contributed by atoms with Crippen LogP contribution < -0.4 is 5.32 Å². The molecular formula is C25H32N4O3S. The summed E-state index contributed by atoms with van der Waals surface area (Å²) >= 11 is 1.68. The van der Waals surface area contributed by atoms with Gasteiger partial charge in [-0.1, -0.05) is 25.5 Å². The van der Waals surface area contributed by atoms with Crippen molar-refractivity contribution in [3.63, 3.8) is 0 Å². The van der Waals surface area contributed by atoms with Crippen molar-refractivity contribution >= 4 is 29.2 Å². The standard InChI is InChI=1S/C25H32N4O3S/c1-2-13-25(23(31)29(24(32)27-25)17-12-20-6-3-4-14-26-20)19-10-15-28(16-11-19)22(30)9-8-21-7-5-18-33-21/h3-7,14,18-19H,2,8-13,15-17H2,1H3,(H,27,32)/t25-/m0/s1. The summed E-state index contributed by atoms with van der Waals surface area (Å²) in [5.41, 5.74) is 0.00247. The molecule has 0 spiro atoms. The van der Waals surface area contributed by atoms with Crippen LogP contribution in [0.25, 0.3) is 0 Å². The molecule has 2 aromatic heterocycles. The minimum atomic E-state index is -0.859. The number of likely N-dealkylation sites (tertiary alicyclic amines) is 1. The van der Waals surface area contributed by atoms with E-state index in [1.54, 1.807) is 17.5 Å². The van der Waals surface area contributed by atoms with E-state index in [1.165, 1.54) is 9.78 Å². The molecule has 8 heteroatoms. The van der Waals surface area contributed by atoms with Crippen molar-refractivity contribution in [2.75, 3.05) is 19.6 Å². The molecule has 33 heavy (non-hydrogen) atoms. The van der Waals surface area contributed by atoms with E-state index < -0.39 is 5.54 Å². The number of aromatic nitrogens is 1. The van der Waals surface area contributed by atoms with Crippen molar-refractivity contribution < 1.29 is 14.4 Å². The number of carbonyl (C=O) groups excluding carboxylic acids is 3. The molecule has 0 bridgehead atoms. The van der Waals surface area contributed by atoms with Gasteiger partial charge in [0.05, 0.1) is 0 Å². The number of amides is 4. The normalized spacial score (nSPS) is 21.5. The third kappa shape index (κ3) is 5.11. The first-order chi connectivity index (χ1) is 16.0. The fourth-order valence-electron chi connectivity index (χ4n) is 5.13. The number of imide groups is 1. The van der Waals surface area contributed by atoms with Crippen LogP contribution in [0.1, 0.15) is 49.6 Å². The van der Waals surface area contributed by atoms with Gasteiger partial charge in [0.15, 0.2) is 0 Å². The van der Waals surface area contributed by atoms with Crippen molar-refractivity contribution in [3.8, 4) is 0 Å². The van der Waals surface area contributed by atoms with Gasteiger partial charge in [0.2, 0.25) is 5.91 Å². The van der Waals surface area contributed by atoms with E-state index >= 15 is 0 Å². The molecule has 1 atom stereocenters. The number of pyridine rings is 1. The summed E-state index contributed by atoms with van der Waals surface area (Å²) in [5, 5.41) is 5.11. The van der Waals surface area contributed by atoms with E-state index in [0.717, 1.165) is 31.4 Å². The number of urea groups is 1. The van der Waals surface area contributed by atoms with Crippen LogP contribution in [-0.4, -0.2) is 57.8 Å². The first-order valence-corrected chi connectivity index (χ1v) is 12.8. The minimum absolute atomic E-state index is 0.0371. The Morgan fingerprint density at radius 2 is 2.00 bits per heavy atom. The Morgan fingerprint density at radius 1 is 1.18 bits per heavy atom. The lowest BCUT2D eigenvalue weighted by atomic mass is 9.74. The van der Waals surface area contributed by atoms with E-state index in [0.29, 0.717) is 38.9 Å². The smallest absolute Gasteiger partial charge is 0.325 e. The maximum absolute atomic E-state index is 13.5. The van der Waals surface area contributed by atoms with Gasteiger partial charge in [-0.2, -0.15) is 0 Å². The van der Waals surface area contributed by atoms with Crippen LogP contribution in [0.4, 0.5) is 4.79 Å². The summed E-state index contributed by atoms with van der Waals surface area (Å²) in [6, 6.07) is 9.43. The average Bonchev–Trinajstić information content (AvgIpc) is 3.44. The number of carbonyl (C=O) groups is 3. The lowest BCUT2D eigenvalue weighted by Crippen LogP contribution is -2.56. The molecule has 4 rings (SSSR count).